The summed E-state index contributed by atoms with van der Waals surface area (Å²) < 4.78 is 7.47. The van der Waals surface area contributed by atoms with Crippen LogP contribution in [0.25, 0.3) is 16.9 Å². The van der Waals surface area contributed by atoms with Crippen molar-refractivity contribution in [1.29, 1.82) is 0 Å². The zero-order valence-corrected chi connectivity index (χ0v) is 14.5. The summed E-state index contributed by atoms with van der Waals surface area (Å²) in [5.74, 6) is -0.0663. The predicted octanol–water partition coefficient (Wildman–Crippen LogP) is 3.74. The molecule has 1 aromatic carbocycles. The molecule has 128 valence electrons. The Morgan fingerprint density at radius 2 is 2.16 bits per heavy atom. The molecule has 1 unspecified atom stereocenters. The largest absolute Gasteiger partial charge is 0.368 e. The minimum atomic E-state index is -0.332. The molecular formula is C20H21N3O2. The van der Waals surface area contributed by atoms with Crippen LogP contribution in [0.4, 0.5) is 5.69 Å². The summed E-state index contributed by atoms with van der Waals surface area (Å²) in [6.07, 6.45) is 5.41. The summed E-state index contributed by atoms with van der Waals surface area (Å²) in [5.41, 5.74) is 5.80. The molecule has 5 nitrogen and oxygen atoms in total. The van der Waals surface area contributed by atoms with Gasteiger partial charge in [0.15, 0.2) is 0 Å². The first-order valence-corrected chi connectivity index (χ1v) is 8.59. The number of ether oxygens (including phenoxy) is 1. The monoisotopic (exact) mass is 335 g/mol. The van der Waals surface area contributed by atoms with Crippen LogP contribution in [0.5, 0.6) is 0 Å². The van der Waals surface area contributed by atoms with Crippen molar-refractivity contribution < 1.29 is 9.53 Å². The summed E-state index contributed by atoms with van der Waals surface area (Å²) >= 11 is 0. The number of fused-ring (bicyclic) bond motifs is 1. The van der Waals surface area contributed by atoms with Crippen LogP contribution >= 0.6 is 0 Å². The molecule has 1 N–H and O–H groups in total. The second-order valence-electron chi connectivity index (χ2n) is 6.62. The number of carbonyl (C=O) groups is 1. The van der Waals surface area contributed by atoms with Gasteiger partial charge in [0.1, 0.15) is 11.8 Å². The van der Waals surface area contributed by atoms with Crippen LogP contribution in [0.2, 0.25) is 0 Å². The van der Waals surface area contributed by atoms with E-state index in [1.165, 1.54) is 5.56 Å². The highest BCUT2D eigenvalue weighted by Crippen LogP contribution is 2.26. The SMILES string of the molecule is Cc1ccn2cc(-c3ccc(C)c(NC(=O)C4CCCO4)c3)nc2c1. The Hall–Kier alpha value is -2.66. The molecule has 3 aromatic rings. The van der Waals surface area contributed by atoms with E-state index in [4.69, 9.17) is 9.72 Å². The third kappa shape index (κ3) is 3.15. The quantitative estimate of drug-likeness (QED) is 0.793. The normalized spacial score (nSPS) is 17.1. The van der Waals surface area contributed by atoms with E-state index in [0.717, 1.165) is 41.0 Å². The fourth-order valence-corrected chi connectivity index (χ4v) is 3.14. The van der Waals surface area contributed by atoms with E-state index >= 15 is 0 Å². The first kappa shape index (κ1) is 15.8. The van der Waals surface area contributed by atoms with Gasteiger partial charge in [-0.15, -0.1) is 0 Å². The highest BCUT2D eigenvalue weighted by molar-refractivity contribution is 5.95. The van der Waals surface area contributed by atoms with Gasteiger partial charge >= 0.3 is 0 Å². The van der Waals surface area contributed by atoms with Crippen molar-refractivity contribution in [1.82, 2.24) is 9.38 Å². The van der Waals surface area contributed by atoms with Gasteiger partial charge in [0, 0.05) is 30.3 Å². The number of nitrogens with one attached hydrogen (secondary N) is 1. The average Bonchev–Trinajstić information content (AvgIpc) is 3.25. The van der Waals surface area contributed by atoms with Crippen molar-refractivity contribution in [3.63, 3.8) is 0 Å². The van der Waals surface area contributed by atoms with Crippen LogP contribution in [-0.4, -0.2) is 28.0 Å². The number of hydrogen-bond acceptors (Lipinski definition) is 3. The van der Waals surface area contributed by atoms with Gasteiger partial charge in [-0.05, 0) is 56.0 Å². The van der Waals surface area contributed by atoms with E-state index in [9.17, 15) is 4.79 Å². The van der Waals surface area contributed by atoms with Gasteiger partial charge in [0.2, 0.25) is 0 Å². The van der Waals surface area contributed by atoms with Gasteiger partial charge in [0.05, 0.1) is 5.69 Å². The molecule has 1 amide bonds. The van der Waals surface area contributed by atoms with E-state index in [1.54, 1.807) is 0 Å². The lowest BCUT2D eigenvalue weighted by Crippen LogP contribution is -2.27. The van der Waals surface area contributed by atoms with Crippen molar-refractivity contribution in [2.45, 2.75) is 32.8 Å². The summed E-state index contributed by atoms with van der Waals surface area (Å²) in [6, 6.07) is 10.1. The Kier molecular flexibility index (Phi) is 4.01. The number of benzene rings is 1. The number of imidazole rings is 1. The maximum Gasteiger partial charge on any atom is 0.253 e. The average molecular weight is 335 g/mol. The zero-order chi connectivity index (χ0) is 17.4. The first-order chi connectivity index (χ1) is 12.1. The Bertz CT molecular complexity index is 939. The number of anilines is 1. The molecule has 0 aliphatic carbocycles. The topological polar surface area (TPSA) is 55.6 Å². The molecule has 1 aliphatic rings. The molecule has 4 rings (SSSR count). The molecular weight excluding hydrogens is 314 g/mol. The number of aromatic nitrogens is 2. The van der Waals surface area contributed by atoms with Gasteiger partial charge < -0.3 is 14.5 Å². The number of rotatable bonds is 3. The van der Waals surface area contributed by atoms with E-state index in [-0.39, 0.29) is 12.0 Å². The molecule has 1 fully saturated rings. The van der Waals surface area contributed by atoms with Gasteiger partial charge in [-0.2, -0.15) is 0 Å². The minimum absolute atomic E-state index is 0.0663. The lowest BCUT2D eigenvalue weighted by Gasteiger charge is -2.13. The number of aryl methyl sites for hydroxylation is 2. The second-order valence-corrected chi connectivity index (χ2v) is 6.62. The Morgan fingerprint density at radius 1 is 1.28 bits per heavy atom. The van der Waals surface area contributed by atoms with Crippen LogP contribution in [0.15, 0.2) is 42.7 Å². The third-order valence-corrected chi connectivity index (χ3v) is 4.63. The molecule has 0 radical (unpaired) electrons. The molecule has 1 atom stereocenters. The number of hydrogen-bond donors (Lipinski definition) is 1. The molecule has 3 heterocycles. The van der Waals surface area contributed by atoms with Gasteiger partial charge in [-0.3, -0.25) is 4.79 Å². The van der Waals surface area contributed by atoms with Crippen molar-refractivity contribution in [2.24, 2.45) is 0 Å². The minimum Gasteiger partial charge on any atom is -0.368 e. The van der Waals surface area contributed by atoms with E-state index in [2.05, 4.69) is 24.4 Å². The van der Waals surface area contributed by atoms with Crippen LogP contribution in [0.1, 0.15) is 24.0 Å². The molecule has 1 aliphatic heterocycles. The van der Waals surface area contributed by atoms with Crippen molar-refractivity contribution in [3.8, 4) is 11.3 Å². The maximum absolute atomic E-state index is 12.3. The number of pyridine rings is 1. The standard InChI is InChI=1S/C20H21N3O2/c1-13-7-8-23-12-17(21-19(23)10-13)15-6-5-14(2)16(11-15)22-20(24)18-4-3-9-25-18/h5-8,10-12,18H,3-4,9H2,1-2H3,(H,22,24). The summed E-state index contributed by atoms with van der Waals surface area (Å²) in [7, 11) is 0. The number of nitrogens with zero attached hydrogens (tertiary/aromatic N) is 2. The maximum atomic E-state index is 12.3. The number of amides is 1. The van der Waals surface area contributed by atoms with Crippen LogP contribution in [0.3, 0.4) is 0 Å². The Balaban J connectivity index is 1.64. The second kappa shape index (κ2) is 6.33. The van der Waals surface area contributed by atoms with Gasteiger partial charge in [-0.1, -0.05) is 12.1 Å². The number of carbonyl (C=O) groups excluding carboxylic acids is 1. The predicted molar refractivity (Wildman–Crippen MR) is 97.7 cm³/mol. The molecule has 1 saturated heterocycles. The Morgan fingerprint density at radius 3 is 2.96 bits per heavy atom. The lowest BCUT2D eigenvalue weighted by atomic mass is 10.1. The highest BCUT2D eigenvalue weighted by atomic mass is 16.5. The molecule has 5 heteroatoms. The first-order valence-electron chi connectivity index (χ1n) is 8.59. The van der Waals surface area contributed by atoms with Crippen LogP contribution in [0, 0.1) is 13.8 Å². The fraction of sp³-hybridized carbons (Fsp3) is 0.300. The molecule has 0 spiro atoms. The van der Waals surface area contributed by atoms with E-state index in [1.807, 2.05) is 41.9 Å². The molecule has 0 bridgehead atoms. The summed E-state index contributed by atoms with van der Waals surface area (Å²) in [4.78, 5) is 17.0. The Labute approximate surface area is 146 Å². The summed E-state index contributed by atoms with van der Waals surface area (Å²) in [5, 5.41) is 3.01. The zero-order valence-electron chi connectivity index (χ0n) is 14.5. The van der Waals surface area contributed by atoms with E-state index in [0.29, 0.717) is 6.61 Å². The lowest BCUT2D eigenvalue weighted by molar-refractivity contribution is -0.124. The van der Waals surface area contributed by atoms with Crippen LogP contribution in [-0.2, 0) is 9.53 Å². The third-order valence-electron chi connectivity index (χ3n) is 4.63. The fourth-order valence-electron chi connectivity index (χ4n) is 3.14. The molecule has 25 heavy (non-hydrogen) atoms. The smallest absolute Gasteiger partial charge is 0.253 e. The van der Waals surface area contributed by atoms with E-state index < -0.39 is 0 Å². The van der Waals surface area contributed by atoms with Crippen molar-refractivity contribution in [2.75, 3.05) is 11.9 Å². The van der Waals surface area contributed by atoms with Crippen molar-refractivity contribution >= 4 is 17.2 Å². The summed E-state index contributed by atoms with van der Waals surface area (Å²) in [6.45, 7) is 4.71. The highest BCUT2D eigenvalue weighted by Gasteiger charge is 2.24. The van der Waals surface area contributed by atoms with Gasteiger partial charge in [-0.25, -0.2) is 4.98 Å². The van der Waals surface area contributed by atoms with Crippen molar-refractivity contribution in [3.05, 3.63) is 53.9 Å². The van der Waals surface area contributed by atoms with Gasteiger partial charge in [0.25, 0.3) is 5.91 Å². The van der Waals surface area contributed by atoms with Crippen LogP contribution < -0.4 is 5.32 Å². The molecule has 0 saturated carbocycles. The molecule has 2 aromatic heterocycles.